The average Bonchev–Trinajstić information content (AvgIpc) is 3.22. The van der Waals surface area contributed by atoms with Crippen molar-refractivity contribution in [3.05, 3.63) is 85.1 Å². The lowest BCUT2D eigenvalue weighted by molar-refractivity contribution is -0.150. The maximum Gasteiger partial charge on any atom is 0.306 e. The number of hydrogen-bond acceptors (Lipinski definition) is 5. The Balaban J connectivity index is 4.71. The average molecular weight is 808 g/mol. The summed E-state index contributed by atoms with van der Waals surface area (Å²) in [5.41, 5.74) is 0. The van der Waals surface area contributed by atoms with E-state index >= 15 is 0 Å². The number of carbonyl (C=O) groups is 2. The minimum absolute atomic E-state index is 0.0222. The second-order valence-corrected chi connectivity index (χ2v) is 15.8. The van der Waals surface area contributed by atoms with E-state index in [9.17, 15) is 19.8 Å². The third-order valence-electron chi connectivity index (χ3n) is 10.2. The number of ether oxygens (including phenoxy) is 1. The first-order valence-corrected chi connectivity index (χ1v) is 23.8. The van der Waals surface area contributed by atoms with E-state index in [1.807, 2.05) is 6.08 Å². The topological polar surface area (TPSA) is 95.9 Å². The van der Waals surface area contributed by atoms with Crippen molar-refractivity contribution in [1.82, 2.24) is 5.32 Å². The number of esters is 1. The smallest absolute Gasteiger partial charge is 0.306 e. The lowest BCUT2D eigenvalue weighted by Crippen LogP contribution is -2.46. The van der Waals surface area contributed by atoms with Crippen LogP contribution in [0.5, 0.6) is 0 Å². The van der Waals surface area contributed by atoms with Crippen molar-refractivity contribution in [1.29, 1.82) is 0 Å². The molecule has 0 aliphatic rings. The molecule has 3 atom stereocenters. The molecule has 58 heavy (non-hydrogen) atoms. The Morgan fingerprint density at radius 1 is 0.517 bits per heavy atom. The van der Waals surface area contributed by atoms with Crippen LogP contribution in [0.25, 0.3) is 0 Å². The summed E-state index contributed by atoms with van der Waals surface area (Å²) in [4.78, 5) is 26.0. The molecule has 0 aliphatic carbocycles. The van der Waals surface area contributed by atoms with Crippen LogP contribution in [0.4, 0.5) is 0 Å². The van der Waals surface area contributed by atoms with Gasteiger partial charge in [0.05, 0.1) is 25.2 Å². The molecule has 0 bridgehead atoms. The molecule has 0 saturated carbocycles. The molecule has 0 heterocycles. The summed E-state index contributed by atoms with van der Waals surface area (Å²) >= 11 is 0. The van der Waals surface area contributed by atoms with Crippen LogP contribution in [0.3, 0.4) is 0 Å². The van der Waals surface area contributed by atoms with Crippen molar-refractivity contribution in [2.45, 2.75) is 225 Å². The molecule has 0 radical (unpaired) electrons. The van der Waals surface area contributed by atoms with Gasteiger partial charge < -0.3 is 20.3 Å². The van der Waals surface area contributed by atoms with Gasteiger partial charge in [-0.2, -0.15) is 0 Å². The highest BCUT2D eigenvalue weighted by atomic mass is 16.5. The van der Waals surface area contributed by atoms with Gasteiger partial charge in [0, 0.05) is 6.42 Å². The van der Waals surface area contributed by atoms with Gasteiger partial charge in [-0.15, -0.1) is 0 Å². The van der Waals surface area contributed by atoms with Gasteiger partial charge in [0.1, 0.15) is 6.10 Å². The van der Waals surface area contributed by atoms with Crippen molar-refractivity contribution in [2.75, 3.05) is 6.61 Å². The summed E-state index contributed by atoms with van der Waals surface area (Å²) in [6, 6.07) is -0.726. The molecule has 3 N–H and O–H groups in total. The Bertz CT molecular complexity index is 1130. The van der Waals surface area contributed by atoms with Gasteiger partial charge in [0.25, 0.3) is 0 Å². The monoisotopic (exact) mass is 808 g/mol. The molecule has 0 rings (SSSR count). The number of aliphatic hydroxyl groups is 2. The van der Waals surface area contributed by atoms with Crippen LogP contribution in [0.1, 0.15) is 207 Å². The van der Waals surface area contributed by atoms with Crippen molar-refractivity contribution in [3.63, 3.8) is 0 Å². The van der Waals surface area contributed by atoms with Crippen molar-refractivity contribution in [3.8, 4) is 0 Å². The van der Waals surface area contributed by atoms with Crippen LogP contribution in [0.15, 0.2) is 85.1 Å². The number of carbonyl (C=O) groups excluding carboxylic acids is 2. The predicted octanol–water partition coefficient (Wildman–Crippen LogP) is 14.0. The quantitative estimate of drug-likeness (QED) is 0.0325. The van der Waals surface area contributed by atoms with Crippen LogP contribution < -0.4 is 5.32 Å². The molecule has 3 unspecified atom stereocenters. The number of allylic oxidation sites excluding steroid dienone is 14. The highest BCUT2D eigenvalue weighted by Crippen LogP contribution is 2.15. The van der Waals surface area contributed by atoms with Gasteiger partial charge in [0.15, 0.2) is 0 Å². The van der Waals surface area contributed by atoms with Gasteiger partial charge in [0.2, 0.25) is 5.91 Å². The van der Waals surface area contributed by atoms with Crippen molar-refractivity contribution < 1.29 is 24.5 Å². The molecule has 0 saturated heterocycles. The molecule has 1 amide bonds. The fourth-order valence-corrected chi connectivity index (χ4v) is 6.63. The SMILES string of the molecule is CC/C=C\C/C=C\C/C=C\C/C=C\C/C=C\C/C=C\CCC(=O)OC(CCC/C=C\CCCCCCCC)CC(=O)NC(CO)C(O)CCCCCCCCCCC. The molecule has 0 aromatic carbocycles. The number of aliphatic hydroxyl groups excluding tert-OH is 2. The van der Waals surface area contributed by atoms with Crippen LogP contribution in [-0.4, -0.2) is 46.9 Å². The van der Waals surface area contributed by atoms with E-state index in [0.29, 0.717) is 19.3 Å². The Morgan fingerprint density at radius 3 is 1.45 bits per heavy atom. The van der Waals surface area contributed by atoms with E-state index < -0.39 is 18.2 Å². The third-order valence-corrected chi connectivity index (χ3v) is 10.2. The summed E-state index contributed by atoms with van der Waals surface area (Å²) in [5.74, 6) is -0.612. The normalized spacial score (nSPS) is 14.1. The van der Waals surface area contributed by atoms with Crippen LogP contribution in [-0.2, 0) is 14.3 Å². The van der Waals surface area contributed by atoms with Gasteiger partial charge in [-0.3, -0.25) is 9.59 Å². The molecule has 0 spiro atoms. The highest BCUT2D eigenvalue weighted by molar-refractivity contribution is 5.77. The first-order chi connectivity index (χ1) is 28.5. The lowest BCUT2D eigenvalue weighted by Gasteiger charge is -2.24. The second kappa shape index (κ2) is 45.1. The molecule has 6 heteroatoms. The van der Waals surface area contributed by atoms with Crippen molar-refractivity contribution >= 4 is 11.9 Å². The fraction of sp³-hybridized carbons (Fsp3) is 0.692. The number of amides is 1. The molecule has 0 aromatic rings. The predicted molar refractivity (Wildman–Crippen MR) is 250 cm³/mol. The Labute approximate surface area is 357 Å². The molecular weight excluding hydrogens is 719 g/mol. The van der Waals surface area contributed by atoms with Crippen LogP contribution in [0.2, 0.25) is 0 Å². The molecule has 0 fully saturated rings. The minimum atomic E-state index is -0.808. The number of rotatable bonds is 41. The zero-order valence-corrected chi connectivity index (χ0v) is 37.6. The Kier molecular flexibility index (Phi) is 42.8. The van der Waals surface area contributed by atoms with Crippen LogP contribution in [0, 0.1) is 0 Å². The first kappa shape index (κ1) is 55.0. The number of unbranched alkanes of at least 4 members (excludes halogenated alkanes) is 15. The fourth-order valence-electron chi connectivity index (χ4n) is 6.63. The summed E-state index contributed by atoms with van der Waals surface area (Å²) in [6.45, 7) is 6.29. The van der Waals surface area contributed by atoms with Gasteiger partial charge in [-0.1, -0.05) is 196 Å². The van der Waals surface area contributed by atoms with E-state index in [2.05, 4.69) is 105 Å². The number of nitrogens with one attached hydrogen (secondary N) is 1. The van der Waals surface area contributed by atoms with E-state index in [1.54, 1.807) is 0 Å². The third kappa shape index (κ3) is 39.8. The molecule has 0 aromatic heterocycles. The van der Waals surface area contributed by atoms with Crippen LogP contribution >= 0.6 is 0 Å². The van der Waals surface area contributed by atoms with Crippen molar-refractivity contribution in [2.24, 2.45) is 0 Å². The lowest BCUT2D eigenvalue weighted by atomic mass is 10.0. The maximum atomic E-state index is 13.1. The maximum absolute atomic E-state index is 13.1. The first-order valence-electron chi connectivity index (χ1n) is 23.8. The Morgan fingerprint density at radius 2 is 0.948 bits per heavy atom. The molecular formula is C52H89NO5. The second-order valence-electron chi connectivity index (χ2n) is 15.8. The molecule has 0 aliphatic heterocycles. The summed E-state index contributed by atoms with van der Waals surface area (Å²) in [5, 5.41) is 23.6. The molecule has 332 valence electrons. The van der Waals surface area contributed by atoms with E-state index in [-0.39, 0.29) is 31.3 Å². The van der Waals surface area contributed by atoms with Gasteiger partial charge in [-0.25, -0.2) is 0 Å². The van der Waals surface area contributed by atoms with E-state index in [1.165, 1.54) is 77.0 Å². The summed E-state index contributed by atoms with van der Waals surface area (Å²) < 4.78 is 5.84. The minimum Gasteiger partial charge on any atom is -0.462 e. The standard InChI is InChI=1S/C52H89NO5/c1-4-7-10-13-16-19-21-22-23-24-25-26-27-28-30-33-36-39-42-45-52(57)58-48(43-40-37-34-32-29-20-17-14-11-8-5-2)46-51(56)53-49(47-54)50(55)44-41-38-35-31-18-15-12-9-6-3/h7,10,16,19,22-23,25-26,28,30,32,34,36,39,48-50,54-55H,4-6,8-9,11-15,17-18,20-21,24,27,29,31,33,35,37-38,40-47H2,1-3H3,(H,53,56)/b10-7-,19-16-,23-22-,26-25-,30-28-,34-32-,39-36-. The summed E-state index contributed by atoms with van der Waals surface area (Å²) in [6.07, 6.45) is 58.0. The largest absolute Gasteiger partial charge is 0.462 e. The zero-order valence-electron chi connectivity index (χ0n) is 37.6. The van der Waals surface area contributed by atoms with E-state index in [0.717, 1.165) is 77.0 Å². The Hall–Kier alpha value is -2.96. The summed E-state index contributed by atoms with van der Waals surface area (Å²) in [7, 11) is 0. The zero-order chi connectivity index (χ0) is 42.4. The highest BCUT2D eigenvalue weighted by Gasteiger charge is 2.23. The van der Waals surface area contributed by atoms with E-state index in [4.69, 9.17) is 4.74 Å². The van der Waals surface area contributed by atoms with Gasteiger partial charge in [-0.05, 0) is 83.5 Å². The van der Waals surface area contributed by atoms with Gasteiger partial charge >= 0.3 is 5.97 Å². The molecule has 6 nitrogen and oxygen atoms in total. The number of hydrogen-bond donors (Lipinski definition) is 3.